The first-order valence-electron chi connectivity index (χ1n) is 0.612. The molecule has 0 atom stereocenters. The third kappa shape index (κ3) is 68.5. The summed E-state index contributed by atoms with van der Waals surface area (Å²) in [4.78, 5) is 8.33. The fourth-order valence-electron chi connectivity index (χ4n) is 0. The number of hydrogen-bond acceptors (Lipinski definition) is 3. The number of carboxylic acid groups (broad SMARTS) is 2. The molecule has 0 rings (SSSR count). The zero-order valence-corrected chi connectivity index (χ0v) is 11.7. The molecule has 4 nitrogen and oxygen atoms in total. The summed E-state index contributed by atoms with van der Waals surface area (Å²) in [6, 6.07) is 0. The van der Waals surface area contributed by atoms with Gasteiger partial charge in [0.05, 0.1) is 0 Å². The van der Waals surface area contributed by atoms with Gasteiger partial charge in [-0.05, 0) is 6.16 Å². The summed E-state index contributed by atoms with van der Waals surface area (Å²) in [6.07, 6.45) is -2.33. The van der Waals surface area contributed by atoms with Crippen molar-refractivity contribution in [2.24, 2.45) is 0 Å². The van der Waals surface area contributed by atoms with Crippen LogP contribution in [0.3, 0.4) is 0 Å². The van der Waals surface area contributed by atoms with E-state index in [0.717, 1.165) is 0 Å². The molecule has 0 spiro atoms. The van der Waals surface area contributed by atoms with Crippen LogP contribution < -0.4 is 113 Å². The van der Waals surface area contributed by atoms with Crippen LogP contribution in [0.25, 0.3) is 0 Å². The molecule has 0 fully saturated rings. The van der Waals surface area contributed by atoms with Crippen molar-refractivity contribution in [1.82, 2.24) is 0 Å². The first kappa shape index (κ1) is 30.8. The van der Waals surface area contributed by atoms with Crippen molar-refractivity contribution in [3.63, 3.8) is 0 Å². The third-order valence-electron chi connectivity index (χ3n) is 0. The summed E-state index contributed by atoms with van der Waals surface area (Å²) in [6.45, 7) is 0. The Bertz CT molecular complexity index is 37.0. The molecule has 0 aromatic carbocycles. The van der Waals surface area contributed by atoms with E-state index in [4.69, 9.17) is 15.0 Å². The Morgan fingerprint density at radius 1 is 1.12 bits per heavy atom. The maximum atomic E-state index is 8.33. The Morgan fingerprint density at radius 2 is 1.12 bits per heavy atom. The van der Waals surface area contributed by atoms with Crippen molar-refractivity contribution in [1.29, 1.82) is 0 Å². The average Bonchev–Trinajstić information content (AvgIpc) is 0.811. The molecule has 0 bridgehead atoms. The van der Waals surface area contributed by atoms with Gasteiger partial charge in [0.1, 0.15) is 0 Å². The molecule has 7 heteroatoms. The van der Waals surface area contributed by atoms with Gasteiger partial charge in [-0.25, -0.2) is 0 Å². The van der Waals surface area contributed by atoms with Gasteiger partial charge >= 0.3 is 103 Å². The van der Waals surface area contributed by atoms with Gasteiger partial charge in [0.25, 0.3) is 0 Å². The summed E-state index contributed by atoms with van der Waals surface area (Å²) in [7, 11) is 0. The van der Waals surface area contributed by atoms with Crippen LogP contribution in [0.4, 0.5) is 4.79 Å². The SMILES string of the molecule is Cl.O.O=C([O-])[O-].[K+].[K+]. The topological polar surface area (TPSA) is 94.7 Å². The van der Waals surface area contributed by atoms with Crippen LogP contribution >= 0.6 is 12.4 Å². The van der Waals surface area contributed by atoms with E-state index in [9.17, 15) is 0 Å². The predicted molar refractivity (Wildman–Crippen MR) is 16.3 cm³/mol. The number of halogens is 1. The molecule has 0 unspecified atom stereocenters. The van der Waals surface area contributed by atoms with E-state index >= 15 is 0 Å². The Labute approximate surface area is 138 Å². The minimum atomic E-state index is -2.33. The molecule has 0 amide bonds. The fourth-order valence-corrected chi connectivity index (χ4v) is 0. The van der Waals surface area contributed by atoms with E-state index in [-0.39, 0.29) is 121 Å². The first-order chi connectivity index (χ1) is 1.73. The van der Waals surface area contributed by atoms with Gasteiger partial charge < -0.3 is 20.5 Å². The fraction of sp³-hybridized carbons (Fsp3) is 0. The second-order valence-electron chi connectivity index (χ2n) is 0.250. The van der Waals surface area contributed by atoms with E-state index in [1.54, 1.807) is 0 Å². The molecule has 0 aromatic heterocycles. The number of carbonyl (C=O) groups is 1. The molecule has 0 saturated heterocycles. The molecular weight excluding hydrogens is 190 g/mol. The zero-order valence-electron chi connectivity index (χ0n) is 4.63. The van der Waals surface area contributed by atoms with E-state index in [1.807, 2.05) is 0 Å². The van der Waals surface area contributed by atoms with Gasteiger partial charge in [-0.3, -0.25) is 0 Å². The molecule has 0 aliphatic heterocycles. The van der Waals surface area contributed by atoms with Crippen molar-refractivity contribution in [2.45, 2.75) is 0 Å². The minimum absolute atomic E-state index is 0. The molecule has 0 aromatic rings. The second kappa shape index (κ2) is 22.6. The second-order valence-corrected chi connectivity index (χ2v) is 0.250. The van der Waals surface area contributed by atoms with E-state index < -0.39 is 6.16 Å². The van der Waals surface area contributed by atoms with Crippen LogP contribution in [0.2, 0.25) is 0 Å². The Balaban J connectivity index is -0.00000000750. The van der Waals surface area contributed by atoms with Crippen LogP contribution in [-0.4, -0.2) is 11.6 Å². The molecule has 0 saturated carbocycles. The van der Waals surface area contributed by atoms with E-state index in [1.165, 1.54) is 0 Å². The molecule has 0 aliphatic carbocycles. The monoisotopic (exact) mass is 192 g/mol. The van der Waals surface area contributed by atoms with Gasteiger partial charge in [-0.2, -0.15) is 0 Å². The van der Waals surface area contributed by atoms with Crippen molar-refractivity contribution in [2.75, 3.05) is 0 Å². The zero-order chi connectivity index (χ0) is 3.58. The first-order valence-corrected chi connectivity index (χ1v) is 0.612. The molecular formula is CH3ClK2O4. The summed E-state index contributed by atoms with van der Waals surface area (Å²) in [5, 5.41) is 16.7. The summed E-state index contributed by atoms with van der Waals surface area (Å²) >= 11 is 0. The van der Waals surface area contributed by atoms with Crippen molar-refractivity contribution in [3.8, 4) is 0 Å². The normalized spacial score (nSPS) is 3.00. The summed E-state index contributed by atoms with van der Waals surface area (Å²) in [5.74, 6) is 0. The van der Waals surface area contributed by atoms with Gasteiger partial charge in [0.15, 0.2) is 0 Å². The van der Waals surface area contributed by atoms with E-state index in [2.05, 4.69) is 0 Å². The molecule has 0 heterocycles. The maximum Gasteiger partial charge on any atom is 1.00 e. The van der Waals surface area contributed by atoms with Crippen molar-refractivity contribution in [3.05, 3.63) is 0 Å². The molecule has 40 valence electrons. The quantitative estimate of drug-likeness (QED) is 0.357. The minimum Gasteiger partial charge on any atom is -0.652 e. The molecule has 8 heavy (non-hydrogen) atoms. The molecule has 0 radical (unpaired) electrons. The Kier molecular flexibility index (Phi) is 87.0. The van der Waals surface area contributed by atoms with Crippen LogP contribution in [0.5, 0.6) is 0 Å². The molecule has 2 N–H and O–H groups in total. The van der Waals surface area contributed by atoms with Crippen LogP contribution in [0.1, 0.15) is 0 Å². The standard InChI is InChI=1S/CH2O3.ClH.2K.H2O/c2-1(3)4;;;;/h(H2,2,3,4);1H;;;1H2/q;;2*+1;/p-2. The largest absolute Gasteiger partial charge is 1.00 e. The summed E-state index contributed by atoms with van der Waals surface area (Å²) in [5.41, 5.74) is 0. The van der Waals surface area contributed by atoms with Crippen LogP contribution in [-0.2, 0) is 0 Å². The van der Waals surface area contributed by atoms with Gasteiger partial charge in [-0.1, -0.05) is 0 Å². The van der Waals surface area contributed by atoms with Crippen LogP contribution in [0, 0.1) is 0 Å². The van der Waals surface area contributed by atoms with Crippen molar-refractivity contribution >= 4 is 18.6 Å². The third-order valence-corrected chi connectivity index (χ3v) is 0. The Morgan fingerprint density at radius 3 is 1.12 bits per heavy atom. The van der Waals surface area contributed by atoms with Gasteiger partial charge in [0.2, 0.25) is 0 Å². The Hall–Kier alpha value is 2.79. The van der Waals surface area contributed by atoms with Crippen LogP contribution in [0.15, 0.2) is 0 Å². The predicted octanol–water partition coefficient (Wildman–Crippen LogP) is -8.84. The number of carbonyl (C=O) groups excluding carboxylic acids is 1. The smallest absolute Gasteiger partial charge is 0.652 e. The summed E-state index contributed by atoms with van der Waals surface area (Å²) < 4.78 is 0. The van der Waals surface area contributed by atoms with Crippen molar-refractivity contribution < 1.29 is 123 Å². The van der Waals surface area contributed by atoms with Gasteiger partial charge in [0, 0.05) is 0 Å². The molecule has 0 aliphatic rings. The maximum absolute atomic E-state index is 8.33. The van der Waals surface area contributed by atoms with Gasteiger partial charge in [-0.15, -0.1) is 12.4 Å². The number of rotatable bonds is 0. The average molecular weight is 193 g/mol. The number of hydrogen-bond donors (Lipinski definition) is 0. The van der Waals surface area contributed by atoms with E-state index in [0.29, 0.717) is 0 Å².